The van der Waals surface area contributed by atoms with Crippen molar-refractivity contribution in [3.8, 4) is 5.75 Å². The second-order valence-electron chi connectivity index (χ2n) is 4.08. The van der Waals surface area contributed by atoms with Crippen LogP contribution in [-0.4, -0.2) is 24.1 Å². The molecule has 0 saturated heterocycles. The smallest absolute Gasteiger partial charge is 0.271 e. The molecule has 1 N–H and O–H groups in total. The number of nitrogens with zero attached hydrogens (tertiary/aromatic N) is 2. The maximum absolute atomic E-state index is 11.4. The molecule has 0 radical (unpaired) electrons. The Labute approximate surface area is 115 Å². The zero-order valence-corrected chi connectivity index (χ0v) is 11.4. The Hall–Kier alpha value is -2.01. The van der Waals surface area contributed by atoms with Crippen molar-refractivity contribution in [2.75, 3.05) is 19.1 Å². The Morgan fingerprint density at radius 3 is 3.00 bits per heavy atom. The summed E-state index contributed by atoms with van der Waals surface area (Å²) in [5, 5.41) is 0.0906. The van der Waals surface area contributed by atoms with Gasteiger partial charge in [-0.25, -0.2) is 4.98 Å². The standard InChI is InChI=1S/C13H14ClN3O2/c1-17(12-11(14)13(18)16-8-15-12)7-9-4-3-5-10(6-9)19-2/h3-6,8H,7H2,1-2H3,(H,15,16,18). The zero-order valence-electron chi connectivity index (χ0n) is 10.7. The molecular weight excluding hydrogens is 266 g/mol. The third-order valence-corrected chi connectivity index (χ3v) is 3.03. The molecule has 19 heavy (non-hydrogen) atoms. The van der Waals surface area contributed by atoms with Gasteiger partial charge in [0.1, 0.15) is 10.8 Å². The number of nitrogens with one attached hydrogen (secondary N) is 1. The van der Waals surface area contributed by atoms with Crippen molar-refractivity contribution in [3.05, 3.63) is 51.5 Å². The van der Waals surface area contributed by atoms with Crippen LogP contribution in [0.4, 0.5) is 5.82 Å². The quantitative estimate of drug-likeness (QED) is 0.931. The molecule has 0 saturated carbocycles. The minimum absolute atomic E-state index is 0.0906. The highest BCUT2D eigenvalue weighted by atomic mass is 35.5. The Bertz CT molecular complexity index is 627. The van der Waals surface area contributed by atoms with Crippen LogP contribution in [-0.2, 0) is 6.54 Å². The van der Waals surface area contributed by atoms with E-state index in [-0.39, 0.29) is 10.6 Å². The van der Waals surface area contributed by atoms with Gasteiger partial charge in [-0.05, 0) is 17.7 Å². The van der Waals surface area contributed by atoms with Crippen molar-refractivity contribution in [2.45, 2.75) is 6.54 Å². The van der Waals surface area contributed by atoms with Crippen LogP contribution in [0.25, 0.3) is 0 Å². The molecule has 0 bridgehead atoms. The minimum Gasteiger partial charge on any atom is -0.497 e. The molecule has 6 heteroatoms. The minimum atomic E-state index is -0.343. The molecule has 0 aliphatic heterocycles. The molecular formula is C13H14ClN3O2. The predicted octanol–water partition coefficient (Wildman–Crippen LogP) is 2.07. The number of aromatic amines is 1. The van der Waals surface area contributed by atoms with Crippen LogP contribution >= 0.6 is 11.6 Å². The van der Waals surface area contributed by atoms with E-state index in [1.807, 2.05) is 36.2 Å². The fourth-order valence-electron chi connectivity index (χ4n) is 1.76. The van der Waals surface area contributed by atoms with Gasteiger partial charge in [0.15, 0.2) is 5.82 Å². The lowest BCUT2D eigenvalue weighted by Gasteiger charge is -2.19. The summed E-state index contributed by atoms with van der Waals surface area (Å²) in [7, 11) is 3.45. The van der Waals surface area contributed by atoms with Crippen LogP contribution in [0, 0.1) is 0 Å². The first-order valence-electron chi connectivity index (χ1n) is 5.69. The van der Waals surface area contributed by atoms with Crippen LogP contribution in [0.1, 0.15) is 5.56 Å². The van der Waals surface area contributed by atoms with Crippen molar-refractivity contribution in [3.63, 3.8) is 0 Å². The topological polar surface area (TPSA) is 58.2 Å². The van der Waals surface area contributed by atoms with E-state index in [0.29, 0.717) is 12.4 Å². The van der Waals surface area contributed by atoms with E-state index in [0.717, 1.165) is 11.3 Å². The first-order valence-corrected chi connectivity index (χ1v) is 6.07. The number of H-pyrrole nitrogens is 1. The summed E-state index contributed by atoms with van der Waals surface area (Å²) in [6, 6.07) is 7.69. The summed E-state index contributed by atoms with van der Waals surface area (Å²) in [4.78, 5) is 19.8. The molecule has 0 aliphatic rings. The normalized spacial score (nSPS) is 10.3. The van der Waals surface area contributed by atoms with E-state index in [2.05, 4.69) is 9.97 Å². The van der Waals surface area contributed by atoms with Gasteiger partial charge in [0, 0.05) is 13.6 Å². The van der Waals surface area contributed by atoms with Crippen LogP contribution in [0.5, 0.6) is 5.75 Å². The maximum Gasteiger partial charge on any atom is 0.271 e. The molecule has 2 aromatic rings. The summed E-state index contributed by atoms with van der Waals surface area (Å²) in [5.41, 5.74) is 0.698. The van der Waals surface area contributed by atoms with Gasteiger partial charge < -0.3 is 14.6 Å². The molecule has 0 amide bonds. The maximum atomic E-state index is 11.4. The number of benzene rings is 1. The van der Waals surface area contributed by atoms with Gasteiger partial charge in [0.05, 0.1) is 13.4 Å². The number of hydrogen-bond donors (Lipinski definition) is 1. The third-order valence-electron chi connectivity index (χ3n) is 2.69. The molecule has 1 aromatic heterocycles. The lowest BCUT2D eigenvalue weighted by Crippen LogP contribution is -2.21. The number of methoxy groups -OCH3 is 1. The van der Waals surface area contributed by atoms with Gasteiger partial charge in [-0.3, -0.25) is 4.79 Å². The third kappa shape index (κ3) is 3.06. The average Bonchev–Trinajstić information content (AvgIpc) is 2.42. The Balaban J connectivity index is 2.23. The van der Waals surface area contributed by atoms with Gasteiger partial charge in [-0.2, -0.15) is 0 Å². The van der Waals surface area contributed by atoms with Crippen molar-refractivity contribution < 1.29 is 4.74 Å². The Morgan fingerprint density at radius 1 is 1.47 bits per heavy atom. The van der Waals surface area contributed by atoms with Gasteiger partial charge >= 0.3 is 0 Å². The van der Waals surface area contributed by atoms with Crippen molar-refractivity contribution >= 4 is 17.4 Å². The van der Waals surface area contributed by atoms with Gasteiger partial charge in [-0.1, -0.05) is 23.7 Å². The summed E-state index contributed by atoms with van der Waals surface area (Å²) >= 11 is 5.94. The summed E-state index contributed by atoms with van der Waals surface area (Å²) in [6.45, 7) is 0.577. The molecule has 1 aromatic carbocycles. The lowest BCUT2D eigenvalue weighted by molar-refractivity contribution is 0.414. The summed E-state index contributed by atoms with van der Waals surface area (Å²) in [6.07, 6.45) is 1.34. The van der Waals surface area contributed by atoms with Gasteiger partial charge in [-0.15, -0.1) is 0 Å². The number of hydrogen-bond acceptors (Lipinski definition) is 4. The van der Waals surface area contributed by atoms with E-state index in [4.69, 9.17) is 16.3 Å². The molecule has 0 fully saturated rings. The highest BCUT2D eigenvalue weighted by Crippen LogP contribution is 2.20. The molecule has 0 aliphatic carbocycles. The van der Waals surface area contributed by atoms with Crippen molar-refractivity contribution in [1.82, 2.24) is 9.97 Å². The highest BCUT2D eigenvalue weighted by Gasteiger charge is 2.11. The fraction of sp³-hybridized carbons (Fsp3) is 0.231. The first-order chi connectivity index (χ1) is 9.11. The largest absolute Gasteiger partial charge is 0.497 e. The van der Waals surface area contributed by atoms with Gasteiger partial charge in [0.25, 0.3) is 5.56 Å². The van der Waals surface area contributed by atoms with Crippen LogP contribution in [0.2, 0.25) is 5.02 Å². The SMILES string of the molecule is COc1cccc(CN(C)c2nc[nH]c(=O)c2Cl)c1. The Morgan fingerprint density at radius 2 is 2.26 bits per heavy atom. The second kappa shape index (κ2) is 5.75. The molecule has 0 unspecified atom stereocenters. The van der Waals surface area contributed by atoms with Crippen LogP contribution < -0.4 is 15.2 Å². The second-order valence-corrected chi connectivity index (χ2v) is 4.45. The van der Waals surface area contributed by atoms with Crippen LogP contribution in [0.15, 0.2) is 35.4 Å². The number of rotatable bonds is 4. The molecule has 100 valence electrons. The Kier molecular flexibility index (Phi) is 4.06. The molecule has 0 atom stereocenters. The molecule has 0 spiro atoms. The average molecular weight is 280 g/mol. The zero-order chi connectivity index (χ0) is 13.8. The highest BCUT2D eigenvalue weighted by molar-refractivity contribution is 6.32. The van der Waals surface area contributed by atoms with E-state index in [1.165, 1.54) is 6.33 Å². The monoisotopic (exact) mass is 279 g/mol. The number of aromatic nitrogens is 2. The molecule has 1 heterocycles. The predicted molar refractivity (Wildman–Crippen MR) is 75.0 cm³/mol. The molecule has 2 rings (SSSR count). The number of halogens is 1. The fourth-order valence-corrected chi connectivity index (χ4v) is 2.01. The van der Waals surface area contributed by atoms with E-state index >= 15 is 0 Å². The first kappa shape index (κ1) is 13.4. The lowest BCUT2D eigenvalue weighted by atomic mass is 10.2. The molecule has 5 nitrogen and oxygen atoms in total. The van der Waals surface area contributed by atoms with Crippen LogP contribution in [0.3, 0.4) is 0 Å². The number of ether oxygens (including phenoxy) is 1. The number of anilines is 1. The van der Waals surface area contributed by atoms with E-state index in [1.54, 1.807) is 7.11 Å². The van der Waals surface area contributed by atoms with Crippen molar-refractivity contribution in [2.24, 2.45) is 0 Å². The van der Waals surface area contributed by atoms with Crippen molar-refractivity contribution in [1.29, 1.82) is 0 Å². The summed E-state index contributed by atoms with van der Waals surface area (Å²) < 4.78 is 5.17. The summed E-state index contributed by atoms with van der Waals surface area (Å²) in [5.74, 6) is 1.24. The van der Waals surface area contributed by atoms with E-state index in [9.17, 15) is 4.79 Å². The van der Waals surface area contributed by atoms with Gasteiger partial charge in [0.2, 0.25) is 0 Å². The van der Waals surface area contributed by atoms with E-state index < -0.39 is 0 Å².